The highest BCUT2D eigenvalue weighted by molar-refractivity contribution is 5.94. The molecular formula is C22H27N5O2. The number of piperidine rings is 1. The number of anilines is 1. The molecule has 2 aromatic rings. The number of aromatic nitrogens is 2. The van der Waals surface area contributed by atoms with Gasteiger partial charge < -0.3 is 15.1 Å². The summed E-state index contributed by atoms with van der Waals surface area (Å²) >= 11 is 0. The van der Waals surface area contributed by atoms with Crippen molar-refractivity contribution in [1.82, 2.24) is 19.8 Å². The highest BCUT2D eigenvalue weighted by Crippen LogP contribution is 2.30. The van der Waals surface area contributed by atoms with Gasteiger partial charge in [-0.1, -0.05) is 18.2 Å². The number of fused-ring (bicyclic) bond motifs is 1. The minimum atomic E-state index is 0.0687. The van der Waals surface area contributed by atoms with Gasteiger partial charge in [-0.05, 0) is 25.0 Å². The van der Waals surface area contributed by atoms with E-state index in [0.29, 0.717) is 19.6 Å². The summed E-state index contributed by atoms with van der Waals surface area (Å²) < 4.78 is 0. The number of rotatable bonds is 3. The van der Waals surface area contributed by atoms with Crippen LogP contribution in [0.4, 0.5) is 5.82 Å². The highest BCUT2D eigenvalue weighted by Gasteiger charge is 2.30. The van der Waals surface area contributed by atoms with E-state index in [4.69, 9.17) is 9.97 Å². The van der Waals surface area contributed by atoms with E-state index in [2.05, 4.69) is 5.32 Å². The van der Waals surface area contributed by atoms with Gasteiger partial charge in [-0.25, -0.2) is 9.97 Å². The van der Waals surface area contributed by atoms with Gasteiger partial charge in [-0.2, -0.15) is 0 Å². The maximum Gasteiger partial charge on any atom is 0.253 e. The van der Waals surface area contributed by atoms with Gasteiger partial charge in [-0.15, -0.1) is 0 Å². The van der Waals surface area contributed by atoms with Crippen molar-refractivity contribution in [2.45, 2.75) is 38.6 Å². The third-order valence-electron chi connectivity index (χ3n) is 5.85. The molecule has 1 aromatic carbocycles. The molecule has 1 saturated heterocycles. The molecule has 2 aliphatic heterocycles. The molecule has 1 atom stereocenters. The first-order valence-corrected chi connectivity index (χ1v) is 10.2. The van der Waals surface area contributed by atoms with Crippen LogP contribution in [0.1, 0.15) is 53.1 Å². The van der Waals surface area contributed by atoms with E-state index in [9.17, 15) is 9.59 Å². The Bertz CT molecular complexity index is 898. The summed E-state index contributed by atoms with van der Waals surface area (Å²) in [5, 5.41) is 3.18. The van der Waals surface area contributed by atoms with E-state index in [0.717, 1.165) is 54.3 Å². The zero-order chi connectivity index (χ0) is 20.4. The van der Waals surface area contributed by atoms with Gasteiger partial charge in [-0.3, -0.25) is 9.59 Å². The molecular weight excluding hydrogens is 366 g/mol. The largest absolute Gasteiger partial charge is 0.373 e. The summed E-state index contributed by atoms with van der Waals surface area (Å²) in [6, 6.07) is 9.43. The number of carbonyl (C=O) groups excluding carboxylic acids is 2. The zero-order valence-corrected chi connectivity index (χ0v) is 17.0. The summed E-state index contributed by atoms with van der Waals surface area (Å²) in [7, 11) is 1.85. The predicted molar refractivity (Wildman–Crippen MR) is 111 cm³/mol. The van der Waals surface area contributed by atoms with Crippen LogP contribution in [0, 0.1) is 0 Å². The van der Waals surface area contributed by atoms with Gasteiger partial charge in [0.1, 0.15) is 11.6 Å². The van der Waals surface area contributed by atoms with E-state index >= 15 is 0 Å². The van der Waals surface area contributed by atoms with E-state index in [1.54, 1.807) is 6.92 Å². The molecule has 3 heterocycles. The molecule has 0 saturated carbocycles. The Hall–Kier alpha value is -2.96. The standard InChI is InChI=1S/C22H27N5O2/c1-15(28)26-12-10-19-18(14-26)21(23-2)25-20(24-19)17-9-6-11-27(13-17)22(29)16-7-4-3-5-8-16/h3-5,7-8,17H,6,9-14H2,1-2H3,(H,23,24,25)/t17-/m1/s1. The van der Waals surface area contributed by atoms with Crippen molar-refractivity contribution < 1.29 is 9.59 Å². The lowest BCUT2D eigenvalue weighted by Crippen LogP contribution is -2.40. The molecule has 0 spiro atoms. The van der Waals surface area contributed by atoms with Crippen molar-refractivity contribution in [2.75, 3.05) is 32.0 Å². The van der Waals surface area contributed by atoms with Crippen molar-refractivity contribution in [2.24, 2.45) is 0 Å². The smallest absolute Gasteiger partial charge is 0.253 e. The van der Waals surface area contributed by atoms with E-state index in [1.165, 1.54) is 0 Å². The fraction of sp³-hybridized carbons (Fsp3) is 0.455. The first-order valence-electron chi connectivity index (χ1n) is 10.2. The lowest BCUT2D eigenvalue weighted by Gasteiger charge is -2.33. The van der Waals surface area contributed by atoms with Gasteiger partial charge in [0.25, 0.3) is 5.91 Å². The first-order chi connectivity index (χ1) is 14.1. The molecule has 2 amide bonds. The maximum absolute atomic E-state index is 12.9. The molecule has 1 aromatic heterocycles. The van der Waals surface area contributed by atoms with Gasteiger partial charge in [0.05, 0.1) is 12.2 Å². The fourth-order valence-corrected chi connectivity index (χ4v) is 4.23. The normalized spacial score (nSPS) is 18.9. The molecule has 4 rings (SSSR count). The highest BCUT2D eigenvalue weighted by atomic mass is 16.2. The van der Waals surface area contributed by atoms with Crippen LogP contribution in [-0.4, -0.2) is 58.3 Å². The molecule has 2 aliphatic rings. The molecule has 7 heteroatoms. The number of amides is 2. The summed E-state index contributed by atoms with van der Waals surface area (Å²) in [6.07, 6.45) is 2.65. The lowest BCUT2D eigenvalue weighted by atomic mass is 9.95. The molecule has 7 nitrogen and oxygen atoms in total. The predicted octanol–water partition coefficient (Wildman–Crippen LogP) is 2.44. The van der Waals surface area contributed by atoms with Gasteiger partial charge in [0, 0.05) is 57.1 Å². The van der Waals surface area contributed by atoms with Crippen LogP contribution >= 0.6 is 0 Å². The molecule has 29 heavy (non-hydrogen) atoms. The topological polar surface area (TPSA) is 78.4 Å². The molecule has 0 radical (unpaired) electrons. The van der Waals surface area contributed by atoms with Crippen LogP contribution in [0.25, 0.3) is 0 Å². The van der Waals surface area contributed by atoms with E-state index < -0.39 is 0 Å². The van der Waals surface area contributed by atoms with Crippen molar-refractivity contribution >= 4 is 17.6 Å². The third kappa shape index (κ3) is 3.95. The Morgan fingerprint density at radius 2 is 1.90 bits per heavy atom. The molecule has 152 valence electrons. The second kappa shape index (κ2) is 8.19. The third-order valence-corrected chi connectivity index (χ3v) is 5.85. The monoisotopic (exact) mass is 393 g/mol. The van der Waals surface area contributed by atoms with Gasteiger partial charge in [0.2, 0.25) is 5.91 Å². The van der Waals surface area contributed by atoms with Crippen LogP contribution in [0.5, 0.6) is 0 Å². The zero-order valence-electron chi connectivity index (χ0n) is 17.0. The van der Waals surface area contributed by atoms with Crippen LogP contribution in [0.2, 0.25) is 0 Å². The fourth-order valence-electron chi connectivity index (χ4n) is 4.23. The Morgan fingerprint density at radius 1 is 1.10 bits per heavy atom. The molecule has 0 bridgehead atoms. The van der Waals surface area contributed by atoms with Crippen LogP contribution in [0.15, 0.2) is 30.3 Å². The average molecular weight is 393 g/mol. The second-order valence-electron chi connectivity index (χ2n) is 7.75. The van der Waals surface area contributed by atoms with E-state index in [1.807, 2.05) is 47.2 Å². The number of nitrogens with one attached hydrogen (secondary N) is 1. The Kier molecular flexibility index (Phi) is 5.47. The quantitative estimate of drug-likeness (QED) is 0.867. The summed E-state index contributed by atoms with van der Waals surface area (Å²) in [5.74, 6) is 1.86. The van der Waals surface area contributed by atoms with Gasteiger partial charge in [0.15, 0.2) is 0 Å². The molecule has 1 N–H and O–H groups in total. The number of benzene rings is 1. The van der Waals surface area contributed by atoms with Crippen molar-refractivity contribution in [3.63, 3.8) is 0 Å². The summed E-state index contributed by atoms with van der Waals surface area (Å²) in [4.78, 5) is 38.0. The Morgan fingerprint density at radius 3 is 2.62 bits per heavy atom. The number of nitrogens with zero attached hydrogens (tertiary/aromatic N) is 4. The summed E-state index contributed by atoms with van der Waals surface area (Å²) in [6.45, 7) is 4.23. The van der Waals surface area contributed by atoms with Crippen molar-refractivity contribution in [1.29, 1.82) is 0 Å². The number of hydrogen-bond donors (Lipinski definition) is 1. The van der Waals surface area contributed by atoms with Crippen LogP contribution in [-0.2, 0) is 17.8 Å². The maximum atomic E-state index is 12.9. The number of likely N-dealkylation sites (tertiary alicyclic amines) is 1. The Balaban J connectivity index is 1.57. The number of carbonyl (C=O) groups is 2. The van der Waals surface area contributed by atoms with Gasteiger partial charge >= 0.3 is 0 Å². The minimum Gasteiger partial charge on any atom is -0.373 e. The Labute approximate surface area is 171 Å². The number of hydrogen-bond acceptors (Lipinski definition) is 5. The van der Waals surface area contributed by atoms with Crippen molar-refractivity contribution in [3.05, 3.63) is 53.0 Å². The summed E-state index contributed by atoms with van der Waals surface area (Å²) in [5.41, 5.74) is 2.74. The van der Waals surface area contributed by atoms with Crippen LogP contribution in [0.3, 0.4) is 0 Å². The van der Waals surface area contributed by atoms with Crippen LogP contribution < -0.4 is 5.32 Å². The van der Waals surface area contributed by atoms with Crippen molar-refractivity contribution in [3.8, 4) is 0 Å². The molecule has 0 unspecified atom stereocenters. The lowest BCUT2D eigenvalue weighted by molar-refractivity contribution is -0.129. The van der Waals surface area contributed by atoms with E-state index in [-0.39, 0.29) is 17.7 Å². The minimum absolute atomic E-state index is 0.0687. The SMILES string of the molecule is CNc1nc([C@@H]2CCCN(C(=O)c3ccccc3)C2)nc2c1CN(C(C)=O)CC2. The first kappa shape index (κ1) is 19.4. The molecule has 0 aliphatic carbocycles. The average Bonchev–Trinajstić information content (AvgIpc) is 2.78. The molecule has 1 fully saturated rings. The second-order valence-corrected chi connectivity index (χ2v) is 7.75.